The van der Waals surface area contributed by atoms with Crippen LogP contribution >= 0.6 is 0 Å². The van der Waals surface area contributed by atoms with Crippen molar-refractivity contribution in [1.29, 1.82) is 0 Å². The number of H-pyrrole nitrogens is 1. The number of nitrogens with one attached hydrogen (secondary N) is 2. The Morgan fingerprint density at radius 3 is 2.57 bits per heavy atom. The van der Waals surface area contributed by atoms with Gasteiger partial charge in [0.1, 0.15) is 0 Å². The van der Waals surface area contributed by atoms with E-state index in [1.54, 1.807) is 18.3 Å². The molecule has 0 aliphatic heterocycles. The first-order valence-corrected chi connectivity index (χ1v) is 6.44. The molecule has 1 aromatic carbocycles. The minimum atomic E-state index is -0.970. The summed E-state index contributed by atoms with van der Waals surface area (Å²) in [5.74, 6) is -1.37. The molecule has 1 heterocycles. The maximum Gasteiger partial charge on any atom is 0.303 e. The number of carboxylic acids is 1. The first-order valence-electron chi connectivity index (χ1n) is 6.44. The molecule has 21 heavy (non-hydrogen) atoms. The second kappa shape index (κ2) is 6.67. The van der Waals surface area contributed by atoms with Gasteiger partial charge in [0.15, 0.2) is 0 Å². The lowest BCUT2D eigenvalue weighted by molar-refractivity contribution is -0.137. The Balaban J connectivity index is 1.94. The molecular formula is C14H16N4O3. The van der Waals surface area contributed by atoms with E-state index in [0.717, 1.165) is 11.3 Å². The summed E-state index contributed by atoms with van der Waals surface area (Å²) in [6, 6.07) is 8.18. The van der Waals surface area contributed by atoms with Crippen LogP contribution in [0.2, 0.25) is 0 Å². The molecule has 1 amide bonds. The van der Waals surface area contributed by atoms with Crippen LogP contribution in [0, 0.1) is 0 Å². The molecule has 0 fully saturated rings. The number of aromatic amines is 1. The molecule has 0 bridgehead atoms. The second-order valence-electron chi connectivity index (χ2n) is 4.58. The van der Waals surface area contributed by atoms with Gasteiger partial charge in [-0.05, 0) is 30.2 Å². The van der Waals surface area contributed by atoms with Gasteiger partial charge in [-0.3, -0.25) is 14.7 Å². The highest BCUT2D eigenvalue weighted by Crippen LogP contribution is 2.19. The first kappa shape index (κ1) is 14.7. The average Bonchev–Trinajstić information content (AvgIpc) is 2.99. The van der Waals surface area contributed by atoms with Crippen molar-refractivity contribution in [3.63, 3.8) is 0 Å². The van der Waals surface area contributed by atoms with Gasteiger partial charge in [0.05, 0.1) is 11.7 Å². The molecule has 0 saturated heterocycles. The standard InChI is InChI=1S/C14H16N4O3/c15-11(5-6-13(19)20)14(21)17-10-3-1-9(2-4-10)12-7-8-16-18-12/h1-4,7-8,11H,5-6,15H2,(H,16,18)(H,17,21)(H,19,20). The van der Waals surface area contributed by atoms with E-state index >= 15 is 0 Å². The number of benzene rings is 1. The Hall–Kier alpha value is -2.67. The number of nitrogens with two attached hydrogens (primary N) is 1. The fraction of sp³-hybridized carbons (Fsp3) is 0.214. The van der Waals surface area contributed by atoms with E-state index in [1.165, 1.54) is 0 Å². The fourth-order valence-electron chi connectivity index (χ4n) is 1.79. The van der Waals surface area contributed by atoms with Crippen molar-refractivity contribution < 1.29 is 14.7 Å². The van der Waals surface area contributed by atoms with E-state index < -0.39 is 17.9 Å². The van der Waals surface area contributed by atoms with Gasteiger partial charge in [0.25, 0.3) is 0 Å². The Labute approximate surface area is 121 Å². The van der Waals surface area contributed by atoms with E-state index in [9.17, 15) is 9.59 Å². The number of amides is 1. The Bertz CT molecular complexity index is 608. The van der Waals surface area contributed by atoms with Crippen LogP contribution in [0.5, 0.6) is 0 Å². The van der Waals surface area contributed by atoms with Gasteiger partial charge in [0, 0.05) is 18.3 Å². The third-order valence-corrected chi connectivity index (χ3v) is 2.97. The van der Waals surface area contributed by atoms with E-state index in [0.29, 0.717) is 5.69 Å². The molecule has 5 N–H and O–H groups in total. The summed E-state index contributed by atoms with van der Waals surface area (Å²) in [6.45, 7) is 0. The number of hydrogen-bond acceptors (Lipinski definition) is 4. The van der Waals surface area contributed by atoms with Gasteiger partial charge < -0.3 is 16.2 Å². The van der Waals surface area contributed by atoms with Gasteiger partial charge in [-0.15, -0.1) is 0 Å². The maximum absolute atomic E-state index is 11.8. The normalized spacial score (nSPS) is 11.9. The van der Waals surface area contributed by atoms with Gasteiger partial charge in [-0.2, -0.15) is 5.10 Å². The zero-order chi connectivity index (χ0) is 15.2. The van der Waals surface area contributed by atoms with Crippen LogP contribution in [0.3, 0.4) is 0 Å². The molecule has 110 valence electrons. The van der Waals surface area contributed by atoms with Crippen LogP contribution in [0.4, 0.5) is 5.69 Å². The van der Waals surface area contributed by atoms with Crippen LogP contribution < -0.4 is 11.1 Å². The van der Waals surface area contributed by atoms with Crippen molar-refractivity contribution in [1.82, 2.24) is 10.2 Å². The molecular weight excluding hydrogens is 272 g/mol. The quantitative estimate of drug-likeness (QED) is 0.636. The van der Waals surface area contributed by atoms with Crippen molar-refractivity contribution in [3.8, 4) is 11.3 Å². The molecule has 0 aliphatic rings. The lowest BCUT2D eigenvalue weighted by Crippen LogP contribution is -2.36. The van der Waals surface area contributed by atoms with Crippen molar-refractivity contribution in [3.05, 3.63) is 36.5 Å². The van der Waals surface area contributed by atoms with Crippen molar-refractivity contribution in [2.75, 3.05) is 5.32 Å². The predicted molar refractivity (Wildman–Crippen MR) is 77.5 cm³/mol. The maximum atomic E-state index is 11.8. The lowest BCUT2D eigenvalue weighted by Gasteiger charge is -2.11. The van der Waals surface area contributed by atoms with Gasteiger partial charge in [-0.1, -0.05) is 12.1 Å². The molecule has 1 aromatic heterocycles. The highest BCUT2D eigenvalue weighted by molar-refractivity contribution is 5.95. The molecule has 0 spiro atoms. The number of carbonyl (C=O) groups excluding carboxylic acids is 1. The summed E-state index contributed by atoms with van der Waals surface area (Å²) < 4.78 is 0. The largest absolute Gasteiger partial charge is 0.481 e. The molecule has 0 saturated carbocycles. The number of nitrogens with zero attached hydrogens (tertiary/aromatic N) is 1. The monoisotopic (exact) mass is 288 g/mol. The number of aliphatic carboxylic acids is 1. The zero-order valence-electron chi connectivity index (χ0n) is 11.2. The van der Waals surface area contributed by atoms with Crippen molar-refractivity contribution in [2.45, 2.75) is 18.9 Å². The van der Waals surface area contributed by atoms with Gasteiger partial charge in [-0.25, -0.2) is 0 Å². The molecule has 7 nitrogen and oxygen atoms in total. The summed E-state index contributed by atoms with van der Waals surface area (Å²) in [5.41, 5.74) is 8.06. The zero-order valence-corrected chi connectivity index (χ0v) is 11.2. The predicted octanol–water partition coefficient (Wildman–Crippen LogP) is 1.21. The third-order valence-electron chi connectivity index (χ3n) is 2.97. The van der Waals surface area contributed by atoms with E-state index in [1.807, 2.05) is 18.2 Å². The number of anilines is 1. The first-order chi connectivity index (χ1) is 10.1. The minimum absolute atomic E-state index is 0.105. The van der Waals surface area contributed by atoms with Gasteiger partial charge >= 0.3 is 5.97 Å². The highest BCUT2D eigenvalue weighted by atomic mass is 16.4. The van der Waals surface area contributed by atoms with Crippen LogP contribution in [0.25, 0.3) is 11.3 Å². The lowest BCUT2D eigenvalue weighted by atomic mass is 10.1. The van der Waals surface area contributed by atoms with Crippen molar-refractivity contribution >= 4 is 17.6 Å². The van der Waals surface area contributed by atoms with Crippen LogP contribution in [0.15, 0.2) is 36.5 Å². The minimum Gasteiger partial charge on any atom is -0.481 e. The average molecular weight is 288 g/mol. The highest BCUT2D eigenvalue weighted by Gasteiger charge is 2.15. The third kappa shape index (κ3) is 4.15. The van der Waals surface area contributed by atoms with Crippen LogP contribution in [-0.2, 0) is 9.59 Å². The Morgan fingerprint density at radius 2 is 2.00 bits per heavy atom. The summed E-state index contributed by atoms with van der Waals surface area (Å²) in [7, 11) is 0. The second-order valence-corrected chi connectivity index (χ2v) is 4.58. The Kier molecular flexibility index (Phi) is 4.68. The van der Waals surface area contributed by atoms with E-state index in [2.05, 4.69) is 15.5 Å². The topological polar surface area (TPSA) is 121 Å². The smallest absolute Gasteiger partial charge is 0.303 e. The molecule has 2 rings (SSSR count). The molecule has 1 unspecified atom stereocenters. The Morgan fingerprint density at radius 1 is 1.29 bits per heavy atom. The summed E-state index contributed by atoms with van der Waals surface area (Å²) in [5, 5.41) is 17.9. The van der Waals surface area contributed by atoms with E-state index in [-0.39, 0.29) is 12.8 Å². The number of carboxylic acid groups (broad SMARTS) is 1. The van der Waals surface area contributed by atoms with Crippen LogP contribution in [0.1, 0.15) is 12.8 Å². The summed E-state index contributed by atoms with van der Waals surface area (Å²) in [6.07, 6.45) is 1.63. The van der Waals surface area contributed by atoms with Crippen LogP contribution in [-0.4, -0.2) is 33.2 Å². The van der Waals surface area contributed by atoms with E-state index in [4.69, 9.17) is 10.8 Å². The molecule has 0 radical (unpaired) electrons. The number of carbonyl (C=O) groups is 2. The fourth-order valence-corrected chi connectivity index (χ4v) is 1.79. The molecule has 2 aromatic rings. The number of rotatable bonds is 6. The number of hydrogen-bond donors (Lipinski definition) is 4. The summed E-state index contributed by atoms with van der Waals surface area (Å²) >= 11 is 0. The molecule has 1 atom stereocenters. The SMILES string of the molecule is NC(CCC(=O)O)C(=O)Nc1ccc(-c2ccn[nH]2)cc1. The summed E-state index contributed by atoms with van der Waals surface area (Å²) in [4.78, 5) is 22.2. The number of aromatic nitrogens is 2. The molecule has 0 aliphatic carbocycles. The molecule has 7 heteroatoms. The van der Waals surface area contributed by atoms with Crippen molar-refractivity contribution in [2.24, 2.45) is 5.73 Å². The van der Waals surface area contributed by atoms with Gasteiger partial charge in [0.2, 0.25) is 5.91 Å².